The lowest BCUT2D eigenvalue weighted by atomic mass is 10.6. The minimum absolute atomic E-state index is 0.562. The van der Waals surface area contributed by atoms with Gasteiger partial charge in [0.25, 0.3) is 0 Å². The van der Waals surface area contributed by atoms with Gasteiger partial charge in [-0.1, -0.05) is 17.3 Å². The van der Waals surface area contributed by atoms with Crippen molar-refractivity contribution in [2.45, 2.75) is 0 Å². The van der Waals surface area contributed by atoms with Gasteiger partial charge in [-0.25, -0.2) is 4.98 Å². The van der Waals surface area contributed by atoms with Crippen LogP contribution in [-0.4, -0.2) is 18.6 Å². The highest BCUT2D eigenvalue weighted by Crippen LogP contribution is 2.22. The molecule has 1 heterocycles. The first-order valence-electron chi connectivity index (χ1n) is 3.10. The Morgan fingerprint density at radius 2 is 2.64 bits per heavy atom. The SMILES string of the molecule is C#CCN(C)c1ncc(N)s1. The van der Waals surface area contributed by atoms with Gasteiger partial charge in [0.2, 0.25) is 0 Å². The van der Waals surface area contributed by atoms with Crippen molar-refractivity contribution in [3.8, 4) is 12.3 Å². The number of rotatable bonds is 2. The third-order valence-electron chi connectivity index (χ3n) is 1.17. The zero-order valence-corrected chi connectivity index (χ0v) is 7.06. The van der Waals surface area contributed by atoms with Crippen molar-refractivity contribution in [1.82, 2.24) is 4.98 Å². The van der Waals surface area contributed by atoms with E-state index in [2.05, 4.69) is 10.9 Å². The van der Waals surface area contributed by atoms with E-state index in [-0.39, 0.29) is 0 Å². The van der Waals surface area contributed by atoms with Gasteiger partial charge in [-0.3, -0.25) is 0 Å². The summed E-state index contributed by atoms with van der Waals surface area (Å²) in [5.41, 5.74) is 5.49. The first-order chi connectivity index (χ1) is 5.24. The van der Waals surface area contributed by atoms with E-state index < -0.39 is 0 Å². The molecule has 3 nitrogen and oxygen atoms in total. The maximum atomic E-state index is 5.49. The Labute approximate surface area is 69.9 Å². The second-order valence-electron chi connectivity index (χ2n) is 2.11. The Balaban J connectivity index is 2.70. The highest BCUT2D eigenvalue weighted by atomic mass is 32.1. The van der Waals surface area contributed by atoms with Crippen LogP contribution in [0.25, 0.3) is 0 Å². The third kappa shape index (κ3) is 1.85. The number of anilines is 2. The molecule has 1 aromatic heterocycles. The second kappa shape index (κ2) is 3.26. The minimum atomic E-state index is 0.562. The summed E-state index contributed by atoms with van der Waals surface area (Å²) in [6.07, 6.45) is 6.76. The number of hydrogen-bond acceptors (Lipinski definition) is 4. The number of nitrogens with two attached hydrogens (primary N) is 1. The maximum absolute atomic E-state index is 5.49. The smallest absolute Gasteiger partial charge is 0.187 e. The maximum Gasteiger partial charge on any atom is 0.187 e. The van der Waals surface area contributed by atoms with E-state index in [1.165, 1.54) is 11.3 Å². The van der Waals surface area contributed by atoms with Crippen LogP contribution in [0.15, 0.2) is 6.20 Å². The standard InChI is InChI=1S/C7H9N3S/c1-3-4-10(2)7-9-5-6(8)11-7/h1,5H,4,8H2,2H3. The molecule has 1 aromatic rings. The first kappa shape index (κ1) is 7.89. The van der Waals surface area contributed by atoms with Crippen LogP contribution in [0.5, 0.6) is 0 Å². The summed E-state index contributed by atoms with van der Waals surface area (Å²) in [5, 5.41) is 1.57. The molecular formula is C7H9N3S. The molecule has 4 heteroatoms. The van der Waals surface area contributed by atoms with E-state index >= 15 is 0 Å². The van der Waals surface area contributed by atoms with E-state index in [1.807, 2.05) is 11.9 Å². The van der Waals surface area contributed by atoms with Crippen molar-refractivity contribution in [1.29, 1.82) is 0 Å². The van der Waals surface area contributed by atoms with Crippen LogP contribution < -0.4 is 10.6 Å². The van der Waals surface area contributed by atoms with Crippen molar-refractivity contribution >= 4 is 21.5 Å². The Kier molecular flexibility index (Phi) is 2.34. The fourth-order valence-corrected chi connectivity index (χ4v) is 1.30. The number of nitrogen functional groups attached to an aromatic ring is 1. The molecule has 0 saturated heterocycles. The predicted molar refractivity (Wildman–Crippen MR) is 48.6 cm³/mol. The average molecular weight is 167 g/mol. The van der Waals surface area contributed by atoms with Gasteiger partial charge in [0.15, 0.2) is 5.13 Å². The molecule has 0 fully saturated rings. The number of terminal acetylenes is 1. The van der Waals surface area contributed by atoms with Crippen molar-refractivity contribution in [3.63, 3.8) is 0 Å². The quantitative estimate of drug-likeness (QED) is 0.662. The Morgan fingerprint density at radius 3 is 3.09 bits per heavy atom. The van der Waals surface area contributed by atoms with Crippen molar-refractivity contribution in [2.24, 2.45) is 0 Å². The molecule has 1 rings (SSSR count). The molecule has 0 atom stereocenters. The topological polar surface area (TPSA) is 42.2 Å². The lowest BCUT2D eigenvalue weighted by Gasteiger charge is -2.09. The fraction of sp³-hybridized carbons (Fsp3) is 0.286. The first-order valence-corrected chi connectivity index (χ1v) is 3.91. The average Bonchev–Trinajstić information content (AvgIpc) is 2.36. The fourth-order valence-electron chi connectivity index (χ4n) is 0.658. The normalized spacial score (nSPS) is 9.09. The summed E-state index contributed by atoms with van der Waals surface area (Å²) in [6, 6.07) is 0. The Bertz CT molecular complexity index is 273. The monoisotopic (exact) mass is 167 g/mol. The zero-order valence-electron chi connectivity index (χ0n) is 6.24. The molecule has 0 aliphatic rings. The number of nitrogens with zero attached hydrogens (tertiary/aromatic N) is 2. The van der Waals surface area contributed by atoms with Gasteiger partial charge in [0.05, 0.1) is 12.7 Å². The van der Waals surface area contributed by atoms with Crippen molar-refractivity contribution in [2.75, 3.05) is 24.2 Å². The number of thiazole rings is 1. The molecule has 58 valence electrons. The van der Waals surface area contributed by atoms with Crippen molar-refractivity contribution < 1.29 is 0 Å². The van der Waals surface area contributed by atoms with Crippen LogP contribution >= 0.6 is 11.3 Å². The van der Waals surface area contributed by atoms with E-state index in [0.29, 0.717) is 11.5 Å². The van der Waals surface area contributed by atoms with Gasteiger partial charge in [-0.15, -0.1) is 6.42 Å². The molecule has 0 aliphatic heterocycles. The summed E-state index contributed by atoms with van der Waals surface area (Å²) in [7, 11) is 1.89. The Morgan fingerprint density at radius 1 is 1.91 bits per heavy atom. The van der Waals surface area contributed by atoms with Crippen LogP contribution in [0.4, 0.5) is 10.1 Å². The van der Waals surface area contributed by atoms with Gasteiger partial charge in [0, 0.05) is 7.05 Å². The lowest BCUT2D eigenvalue weighted by molar-refractivity contribution is 1.03. The second-order valence-corrected chi connectivity index (χ2v) is 3.15. The predicted octanol–water partition coefficient (Wildman–Crippen LogP) is 0.795. The van der Waals surface area contributed by atoms with Crippen LogP contribution in [0, 0.1) is 12.3 Å². The minimum Gasteiger partial charge on any atom is -0.389 e. The molecule has 0 spiro atoms. The molecule has 0 aromatic carbocycles. The van der Waals surface area contributed by atoms with Gasteiger partial charge in [-0.05, 0) is 0 Å². The molecule has 0 aliphatic carbocycles. The van der Waals surface area contributed by atoms with Gasteiger partial charge in [-0.2, -0.15) is 0 Å². The third-order valence-corrected chi connectivity index (χ3v) is 2.11. The molecule has 0 saturated carbocycles. The van der Waals surface area contributed by atoms with Gasteiger partial charge in [0.1, 0.15) is 5.00 Å². The zero-order chi connectivity index (χ0) is 8.27. The molecule has 0 amide bonds. The summed E-state index contributed by atoms with van der Waals surface area (Å²) in [6.45, 7) is 0.562. The molecule has 0 radical (unpaired) electrons. The highest BCUT2D eigenvalue weighted by molar-refractivity contribution is 7.19. The molecule has 11 heavy (non-hydrogen) atoms. The summed E-state index contributed by atoms with van der Waals surface area (Å²) in [4.78, 5) is 5.93. The van der Waals surface area contributed by atoms with Crippen LogP contribution in [0.1, 0.15) is 0 Å². The summed E-state index contributed by atoms with van der Waals surface area (Å²) in [5.74, 6) is 2.53. The van der Waals surface area contributed by atoms with E-state index in [9.17, 15) is 0 Å². The van der Waals surface area contributed by atoms with Gasteiger partial charge >= 0.3 is 0 Å². The Hall–Kier alpha value is -1.21. The van der Waals surface area contributed by atoms with Crippen molar-refractivity contribution in [3.05, 3.63) is 6.20 Å². The molecular weight excluding hydrogens is 158 g/mol. The number of hydrogen-bond donors (Lipinski definition) is 1. The summed E-state index contributed by atoms with van der Waals surface area (Å²) >= 11 is 1.43. The molecule has 0 unspecified atom stereocenters. The van der Waals surface area contributed by atoms with Crippen LogP contribution in [-0.2, 0) is 0 Å². The van der Waals surface area contributed by atoms with Crippen LogP contribution in [0.3, 0.4) is 0 Å². The molecule has 2 N–H and O–H groups in total. The van der Waals surface area contributed by atoms with E-state index in [1.54, 1.807) is 6.20 Å². The summed E-state index contributed by atoms with van der Waals surface area (Å²) < 4.78 is 0. The van der Waals surface area contributed by atoms with E-state index in [0.717, 1.165) is 5.13 Å². The highest BCUT2D eigenvalue weighted by Gasteiger charge is 2.02. The largest absolute Gasteiger partial charge is 0.389 e. The van der Waals surface area contributed by atoms with Gasteiger partial charge < -0.3 is 10.6 Å². The lowest BCUT2D eigenvalue weighted by Crippen LogP contribution is -2.16. The molecule has 0 bridgehead atoms. The van der Waals surface area contributed by atoms with Crippen LogP contribution in [0.2, 0.25) is 0 Å². The number of aromatic nitrogens is 1. The van der Waals surface area contributed by atoms with E-state index in [4.69, 9.17) is 12.2 Å².